The van der Waals surface area contributed by atoms with Crippen molar-refractivity contribution in [3.05, 3.63) is 5.82 Å². The number of nitrogens with one attached hydrogen (secondary N) is 1. The molecule has 0 atom stereocenters. The monoisotopic (exact) mass is 245 g/mol. The zero-order valence-corrected chi connectivity index (χ0v) is 9.92. The summed E-state index contributed by atoms with van der Waals surface area (Å²) in [6, 6.07) is 0. The number of nitrogens with zero attached hydrogens (tertiary/aromatic N) is 2. The first-order valence-corrected chi connectivity index (χ1v) is 5.85. The van der Waals surface area contributed by atoms with Gasteiger partial charge in [-0.05, 0) is 6.42 Å². The van der Waals surface area contributed by atoms with Crippen molar-refractivity contribution in [3.63, 3.8) is 0 Å². The number of hydrogen-bond donors (Lipinski definition) is 2. The van der Waals surface area contributed by atoms with E-state index in [0.717, 1.165) is 23.8 Å². The molecule has 0 aromatic carbocycles. The number of rotatable bonds is 8. The Labute approximate surface area is 97.8 Å². The van der Waals surface area contributed by atoms with Gasteiger partial charge >= 0.3 is 5.97 Å². The highest BCUT2D eigenvalue weighted by Crippen LogP contribution is 2.11. The number of aryl methyl sites for hydroxylation is 1. The number of carboxylic acid groups (broad SMARTS) is 1. The van der Waals surface area contributed by atoms with Crippen molar-refractivity contribution in [1.29, 1.82) is 0 Å². The van der Waals surface area contributed by atoms with Crippen LogP contribution in [0, 0.1) is 0 Å². The van der Waals surface area contributed by atoms with Crippen molar-refractivity contribution in [2.24, 2.45) is 0 Å². The molecule has 0 saturated carbocycles. The Kier molecular flexibility index (Phi) is 5.73. The summed E-state index contributed by atoms with van der Waals surface area (Å²) in [4.78, 5) is 14.4. The topological polar surface area (TPSA) is 84.3 Å². The summed E-state index contributed by atoms with van der Waals surface area (Å²) in [5.41, 5.74) is 0. The molecule has 16 heavy (non-hydrogen) atoms. The summed E-state index contributed by atoms with van der Waals surface area (Å²) in [6.07, 6.45) is 1.91. The largest absolute Gasteiger partial charge is 0.480 e. The molecule has 0 aliphatic carbocycles. The molecular formula is C9H15N3O3S. The highest BCUT2D eigenvalue weighted by atomic mass is 32.1. The first-order chi connectivity index (χ1) is 7.72. The van der Waals surface area contributed by atoms with Crippen molar-refractivity contribution in [2.75, 3.05) is 25.1 Å². The number of aromatic nitrogens is 2. The van der Waals surface area contributed by atoms with Crippen LogP contribution in [0.15, 0.2) is 0 Å². The van der Waals surface area contributed by atoms with Crippen LogP contribution in [-0.4, -0.2) is 40.2 Å². The minimum Gasteiger partial charge on any atom is -0.480 e. The fraction of sp³-hybridized carbons (Fsp3) is 0.667. The second-order valence-electron chi connectivity index (χ2n) is 3.14. The van der Waals surface area contributed by atoms with Gasteiger partial charge in [-0.3, -0.25) is 0 Å². The lowest BCUT2D eigenvalue weighted by atomic mass is 10.3. The molecule has 0 bridgehead atoms. The molecule has 90 valence electrons. The van der Waals surface area contributed by atoms with E-state index in [9.17, 15) is 4.79 Å². The second-order valence-corrected chi connectivity index (χ2v) is 3.89. The van der Waals surface area contributed by atoms with Crippen LogP contribution in [0.3, 0.4) is 0 Å². The predicted octanol–water partition coefficient (Wildman–Crippen LogP) is 1.00. The normalized spacial score (nSPS) is 10.3. The van der Waals surface area contributed by atoms with Crippen molar-refractivity contribution < 1.29 is 14.6 Å². The van der Waals surface area contributed by atoms with Gasteiger partial charge in [0.25, 0.3) is 0 Å². The molecule has 0 aliphatic heterocycles. The molecule has 2 N–H and O–H groups in total. The average molecular weight is 245 g/mol. The van der Waals surface area contributed by atoms with Gasteiger partial charge in [-0.2, -0.15) is 4.37 Å². The maximum absolute atomic E-state index is 10.1. The SMILES string of the molecule is CCCc1nsc(NCCOCC(=O)O)n1. The molecule has 1 heterocycles. The van der Waals surface area contributed by atoms with Crippen LogP contribution in [0.2, 0.25) is 0 Å². The van der Waals surface area contributed by atoms with Gasteiger partial charge < -0.3 is 15.2 Å². The van der Waals surface area contributed by atoms with Crippen LogP contribution in [0.1, 0.15) is 19.2 Å². The number of carbonyl (C=O) groups is 1. The third kappa shape index (κ3) is 5.04. The lowest BCUT2D eigenvalue weighted by Crippen LogP contribution is -2.13. The minimum absolute atomic E-state index is 0.265. The fourth-order valence-corrected chi connectivity index (χ4v) is 1.68. The quantitative estimate of drug-likeness (QED) is 0.665. The van der Waals surface area contributed by atoms with Crippen molar-refractivity contribution in [1.82, 2.24) is 9.36 Å². The third-order valence-electron chi connectivity index (χ3n) is 1.69. The fourth-order valence-electron chi connectivity index (χ4n) is 1.04. The van der Waals surface area contributed by atoms with Crippen LogP contribution >= 0.6 is 11.5 Å². The predicted molar refractivity (Wildman–Crippen MR) is 60.8 cm³/mol. The zero-order valence-electron chi connectivity index (χ0n) is 9.10. The third-order valence-corrected chi connectivity index (χ3v) is 2.40. The Morgan fingerprint density at radius 2 is 2.44 bits per heavy atom. The van der Waals surface area contributed by atoms with Crippen LogP contribution in [0.4, 0.5) is 5.13 Å². The number of hydrogen-bond acceptors (Lipinski definition) is 6. The van der Waals surface area contributed by atoms with Gasteiger partial charge in [-0.25, -0.2) is 9.78 Å². The molecule has 1 aromatic heterocycles. The highest BCUT2D eigenvalue weighted by Gasteiger charge is 2.02. The molecule has 1 rings (SSSR count). The number of anilines is 1. The molecule has 1 aromatic rings. The Morgan fingerprint density at radius 3 is 3.12 bits per heavy atom. The van der Waals surface area contributed by atoms with Crippen molar-refractivity contribution >= 4 is 22.6 Å². The van der Waals surface area contributed by atoms with Crippen LogP contribution in [-0.2, 0) is 16.0 Å². The second kappa shape index (κ2) is 7.13. The Balaban J connectivity index is 2.14. The van der Waals surface area contributed by atoms with Gasteiger partial charge in [0, 0.05) is 24.5 Å². The smallest absolute Gasteiger partial charge is 0.329 e. The van der Waals surface area contributed by atoms with E-state index >= 15 is 0 Å². The van der Waals surface area contributed by atoms with Crippen LogP contribution in [0.5, 0.6) is 0 Å². The van der Waals surface area contributed by atoms with E-state index in [4.69, 9.17) is 9.84 Å². The van der Waals surface area contributed by atoms with E-state index < -0.39 is 5.97 Å². The number of carboxylic acids is 1. The molecule has 0 saturated heterocycles. The average Bonchev–Trinajstić information content (AvgIpc) is 2.65. The van der Waals surface area contributed by atoms with E-state index in [2.05, 4.69) is 21.6 Å². The lowest BCUT2D eigenvalue weighted by Gasteiger charge is -2.01. The molecule has 0 radical (unpaired) electrons. The van der Waals surface area contributed by atoms with Gasteiger partial charge in [-0.15, -0.1) is 0 Å². The van der Waals surface area contributed by atoms with Gasteiger partial charge in [0.15, 0.2) is 0 Å². The first-order valence-electron chi connectivity index (χ1n) is 5.08. The zero-order chi connectivity index (χ0) is 11.8. The molecule has 0 aliphatic rings. The summed E-state index contributed by atoms with van der Waals surface area (Å²) in [5.74, 6) is -0.109. The van der Waals surface area contributed by atoms with E-state index in [1.807, 2.05) is 0 Å². The van der Waals surface area contributed by atoms with Crippen LogP contribution < -0.4 is 5.32 Å². The summed E-state index contributed by atoms with van der Waals surface area (Å²) in [7, 11) is 0. The van der Waals surface area contributed by atoms with Crippen molar-refractivity contribution in [3.8, 4) is 0 Å². The minimum atomic E-state index is -0.957. The maximum atomic E-state index is 10.1. The van der Waals surface area contributed by atoms with Gasteiger partial charge in [-0.1, -0.05) is 6.92 Å². The molecular weight excluding hydrogens is 230 g/mol. The standard InChI is InChI=1S/C9H15N3O3S/c1-2-3-7-11-9(16-12-7)10-4-5-15-6-8(13)14/h2-6H2,1H3,(H,13,14)(H,10,11,12). The van der Waals surface area contributed by atoms with E-state index in [1.54, 1.807) is 0 Å². The Morgan fingerprint density at radius 1 is 1.62 bits per heavy atom. The molecule has 7 heteroatoms. The lowest BCUT2D eigenvalue weighted by molar-refractivity contribution is -0.142. The van der Waals surface area contributed by atoms with Crippen molar-refractivity contribution in [2.45, 2.75) is 19.8 Å². The maximum Gasteiger partial charge on any atom is 0.329 e. The summed E-state index contributed by atoms with van der Waals surface area (Å²) >= 11 is 1.31. The first kappa shape index (κ1) is 12.9. The van der Waals surface area contributed by atoms with E-state index in [0.29, 0.717) is 13.2 Å². The molecule has 0 fully saturated rings. The van der Waals surface area contributed by atoms with Gasteiger partial charge in [0.05, 0.1) is 6.61 Å². The summed E-state index contributed by atoms with van der Waals surface area (Å²) < 4.78 is 9.03. The Hall–Kier alpha value is -1.21. The number of aliphatic carboxylic acids is 1. The van der Waals surface area contributed by atoms with Crippen LogP contribution in [0.25, 0.3) is 0 Å². The summed E-state index contributed by atoms with van der Waals surface area (Å²) in [5, 5.41) is 12.1. The van der Waals surface area contributed by atoms with E-state index in [1.165, 1.54) is 11.5 Å². The molecule has 0 spiro atoms. The van der Waals surface area contributed by atoms with Gasteiger partial charge in [0.2, 0.25) is 5.13 Å². The molecule has 0 amide bonds. The Bertz CT molecular complexity index is 330. The number of ether oxygens (including phenoxy) is 1. The summed E-state index contributed by atoms with van der Waals surface area (Å²) in [6.45, 7) is 2.69. The van der Waals surface area contributed by atoms with E-state index in [-0.39, 0.29) is 6.61 Å². The highest BCUT2D eigenvalue weighted by molar-refractivity contribution is 7.09. The van der Waals surface area contributed by atoms with Gasteiger partial charge in [0.1, 0.15) is 12.4 Å². The molecule has 6 nitrogen and oxygen atoms in total. The molecule has 0 unspecified atom stereocenters.